The minimum Gasteiger partial charge on any atom is -0.494 e. The lowest BCUT2D eigenvalue weighted by Crippen LogP contribution is -2.30. The zero-order valence-electron chi connectivity index (χ0n) is 13.6. The monoisotopic (exact) mass is 321 g/mol. The predicted octanol–water partition coefficient (Wildman–Crippen LogP) is 0.996. The lowest BCUT2D eigenvalue weighted by molar-refractivity contribution is -0.117. The second-order valence-electron chi connectivity index (χ2n) is 5.25. The maximum atomic E-state index is 11.9. The zero-order chi connectivity index (χ0) is 16.7. The van der Waals surface area contributed by atoms with E-state index in [1.807, 2.05) is 0 Å². The molecule has 1 aromatic rings. The summed E-state index contributed by atoms with van der Waals surface area (Å²) in [6.45, 7) is 2.07. The first-order valence-electron chi connectivity index (χ1n) is 7.63. The summed E-state index contributed by atoms with van der Waals surface area (Å²) in [6.07, 6.45) is 1.42. The quantitative estimate of drug-likeness (QED) is 0.698. The van der Waals surface area contributed by atoms with Crippen LogP contribution in [0.15, 0.2) is 18.2 Å². The standard InChI is InChI=1S/C16H23N3O4/c1-22-9-7-17-11-15(20)18-12-5-6-13(14(10-12)23-2)19-8-3-4-16(19)21/h5-6,10,17H,3-4,7-9,11H2,1-2H3,(H,18,20). The highest BCUT2D eigenvalue weighted by Crippen LogP contribution is 2.33. The molecule has 0 aromatic heterocycles. The fourth-order valence-corrected chi connectivity index (χ4v) is 2.46. The second-order valence-corrected chi connectivity index (χ2v) is 5.25. The highest BCUT2D eigenvalue weighted by Gasteiger charge is 2.24. The molecule has 0 unspecified atom stereocenters. The maximum Gasteiger partial charge on any atom is 0.238 e. The van der Waals surface area contributed by atoms with E-state index in [0.29, 0.717) is 37.6 Å². The third kappa shape index (κ3) is 4.67. The van der Waals surface area contributed by atoms with Crippen molar-refractivity contribution in [2.45, 2.75) is 12.8 Å². The molecule has 126 valence electrons. The molecule has 1 fully saturated rings. The molecule has 0 aliphatic carbocycles. The molecule has 0 atom stereocenters. The number of benzene rings is 1. The highest BCUT2D eigenvalue weighted by atomic mass is 16.5. The molecular formula is C16H23N3O4. The molecule has 1 saturated heterocycles. The maximum absolute atomic E-state index is 11.9. The van der Waals surface area contributed by atoms with Gasteiger partial charge in [0.25, 0.3) is 0 Å². The highest BCUT2D eigenvalue weighted by molar-refractivity contribution is 5.98. The number of anilines is 2. The van der Waals surface area contributed by atoms with Gasteiger partial charge in [0.05, 0.1) is 25.9 Å². The molecule has 0 radical (unpaired) electrons. The third-order valence-electron chi connectivity index (χ3n) is 3.60. The van der Waals surface area contributed by atoms with Gasteiger partial charge in [0, 0.05) is 38.4 Å². The van der Waals surface area contributed by atoms with Crippen molar-refractivity contribution in [1.29, 1.82) is 0 Å². The summed E-state index contributed by atoms with van der Waals surface area (Å²) in [5.41, 5.74) is 1.38. The van der Waals surface area contributed by atoms with Gasteiger partial charge in [-0.05, 0) is 18.6 Å². The molecule has 0 saturated carbocycles. The molecule has 23 heavy (non-hydrogen) atoms. The first-order chi connectivity index (χ1) is 11.2. The predicted molar refractivity (Wildman–Crippen MR) is 88.0 cm³/mol. The Morgan fingerprint density at radius 3 is 2.83 bits per heavy atom. The number of nitrogens with zero attached hydrogens (tertiary/aromatic N) is 1. The van der Waals surface area contributed by atoms with Gasteiger partial charge in [-0.1, -0.05) is 0 Å². The Balaban J connectivity index is 1.98. The summed E-state index contributed by atoms with van der Waals surface area (Å²) in [4.78, 5) is 25.4. The third-order valence-corrected chi connectivity index (χ3v) is 3.60. The van der Waals surface area contributed by atoms with Crippen molar-refractivity contribution in [3.8, 4) is 5.75 Å². The SMILES string of the molecule is COCCNCC(=O)Nc1ccc(N2CCCC2=O)c(OC)c1. The van der Waals surface area contributed by atoms with E-state index in [9.17, 15) is 9.59 Å². The normalized spacial score (nSPS) is 14.2. The smallest absolute Gasteiger partial charge is 0.238 e. The van der Waals surface area contributed by atoms with E-state index < -0.39 is 0 Å². The van der Waals surface area contributed by atoms with E-state index in [-0.39, 0.29) is 18.4 Å². The number of hydrogen-bond donors (Lipinski definition) is 2. The van der Waals surface area contributed by atoms with Crippen molar-refractivity contribution in [2.24, 2.45) is 0 Å². The van der Waals surface area contributed by atoms with Gasteiger partial charge >= 0.3 is 0 Å². The van der Waals surface area contributed by atoms with Crippen molar-refractivity contribution in [3.63, 3.8) is 0 Å². The minimum absolute atomic E-state index is 0.0995. The zero-order valence-corrected chi connectivity index (χ0v) is 13.6. The molecule has 2 N–H and O–H groups in total. The largest absolute Gasteiger partial charge is 0.494 e. The fourth-order valence-electron chi connectivity index (χ4n) is 2.46. The Bertz CT molecular complexity index is 562. The summed E-state index contributed by atoms with van der Waals surface area (Å²) < 4.78 is 10.3. The van der Waals surface area contributed by atoms with Crippen LogP contribution in [0.1, 0.15) is 12.8 Å². The summed E-state index contributed by atoms with van der Waals surface area (Å²) in [5, 5.41) is 5.77. The number of ether oxygens (including phenoxy) is 2. The molecule has 2 amide bonds. The number of carbonyl (C=O) groups excluding carboxylic acids is 2. The van der Waals surface area contributed by atoms with Crippen LogP contribution in [0.3, 0.4) is 0 Å². The number of amides is 2. The van der Waals surface area contributed by atoms with E-state index >= 15 is 0 Å². The van der Waals surface area contributed by atoms with Gasteiger partial charge in [0.2, 0.25) is 11.8 Å². The van der Waals surface area contributed by atoms with Crippen LogP contribution in [-0.2, 0) is 14.3 Å². The van der Waals surface area contributed by atoms with Gasteiger partial charge in [-0.15, -0.1) is 0 Å². The molecule has 1 aromatic carbocycles. The lowest BCUT2D eigenvalue weighted by atomic mass is 10.2. The summed E-state index contributed by atoms with van der Waals surface area (Å²) in [7, 11) is 3.16. The van der Waals surface area contributed by atoms with Crippen molar-refractivity contribution >= 4 is 23.2 Å². The van der Waals surface area contributed by atoms with Gasteiger partial charge in [-0.25, -0.2) is 0 Å². The van der Waals surface area contributed by atoms with Crippen LogP contribution in [0.4, 0.5) is 11.4 Å². The van der Waals surface area contributed by atoms with Gasteiger partial charge in [0.15, 0.2) is 0 Å². The average Bonchev–Trinajstić information content (AvgIpc) is 2.97. The number of carbonyl (C=O) groups is 2. The summed E-state index contributed by atoms with van der Waals surface area (Å²) in [5.74, 6) is 0.529. The number of rotatable bonds is 8. The second kappa shape index (κ2) is 8.50. The topological polar surface area (TPSA) is 79.9 Å². The van der Waals surface area contributed by atoms with Crippen LogP contribution < -0.4 is 20.3 Å². The van der Waals surface area contributed by atoms with Crippen LogP contribution in [0.2, 0.25) is 0 Å². The Labute approximate surface area is 135 Å². The van der Waals surface area contributed by atoms with Gasteiger partial charge in [0.1, 0.15) is 5.75 Å². The van der Waals surface area contributed by atoms with Gasteiger partial charge in [-0.3, -0.25) is 9.59 Å². The Morgan fingerprint density at radius 2 is 2.17 bits per heavy atom. The van der Waals surface area contributed by atoms with E-state index in [4.69, 9.17) is 9.47 Å². The Kier molecular flexibility index (Phi) is 6.37. The summed E-state index contributed by atoms with van der Waals surface area (Å²) >= 11 is 0. The van der Waals surface area contributed by atoms with Crippen LogP contribution >= 0.6 is 0 Å². The molecule has 1 aliphatic rings. The van der Waals surface area contributed by atoms with E-state index in [2.05, 4.69) is 10.6 Å². The van der Waals surface area contributed by atoms with E-state index in [1.165, 1.54) is 0 Å². The Morgan fingerprint density at radius 1 is 1.35 bits per heavy atom. The van der Waals surface area contributed by atoms with Crippen LogP contribution in [-0.4, -0.2) is 52.3 Å². The lowest BCUT2D eigenvalue weighted by Gasteiger charge is -2.19. The molecule has 1 heterocycles. The van der Waals surface area contributed by atoms with Crippen molar-refractivity contribution in [3.05, 3.63) is 18.2 Å². The molecule has 2 rings (SSSR count). The minimum atomic E-state index is -0.145. The molecule has 0 spiro atoms. The first kappa shape index (κ1) is 17.2. The molecular weight excluding hydrogens is 298 g/mol. The van der Waals surface area contributed by atoms with E-state index in [0.717, 1.165) is 12.1 Å². The van der Waals surface area contributed by atoms with Crippen molar-refractivity contribution in [2.75, 3.05) is 50.7 Å². The van der Waals surface area contributed by atoms with Crippen molar-refractivity contribution < 1.29 is 19.1 Å². The molecule has 7 nitrogen and oxygen atoms in total. The van der Waals surface area contributed by atoms with Crippen LogP contribution in [0.5, 0.6) is 5.75 Å². The first-order valence-corrected chi connectivity index (χ1v) is 7.63. The summed E-state index contributed by atoms with van der Waals surface area (Å²) in [6, 6.07) is 5.31. The van der Waals surface area contributed by atoms with Crippen molar-refractivity contribution in [1.82, 2.24) is 5.32 Å². The van der Waals surface area contributed by atoms with Crippen LogP contribution in [0.25, 0.3) is 0 Å². The van der Waals surface area contributed by atoms with Gasteiger partial charge < -0.3 is 25.0 Å². The van der Waals surface area contributed by atoms with Crippen LogP contribution in [0, 0.1) is 0 Å². The van der Waals surface area contributed by atoms with E-state index in [1.54, 1.807) is 37.3 Å². The molecule has 7 heteroatoms. The number of hydrogen-bond acceptors (Lipinski definition) is 5. The molecule has 1 aliphatic heterocycles. The molecule has 0 bridgehead atoms. The fraction of sp³-hybridized carbons (Fsp3) is 0.500. The number of nitrogens with one attached hydrogen (secondary N) is 2. The Hall–Kier alpha value is -2.12. The number of methoxy groups -OCH3 is 2. The average molecular weight is 321 g/mol. The van der Waals surface area contributed by atoms with Gasteiger partial charge in [-0.2, -0.15) is 0 Å².